The van der Waals surface area contributed by atoms with Crippen LogP contribution in [0.2, 0.25) is 0 Å². The van der Waals surface area contributed by atoms with Gasteiger partial charge in [-0.15, -0.1) is 0 Å². The summed E-state index contributed by atoms with van der Waals surface area (Å²) in [5.41, 5.74) is 8.88. The molecule has 0 spiro atoms. The molecule has 0 heterocycles. The lowest BCUT2D eigenvalue weighted by Gasteiger charge is -2.25. The predicted molar refractivity (Wildman–Crippen MR) is 77.7 cm³/mol. The molecule has 2 nitrogen and oxygen atoms in total. The summed E-state index contributed by atoms with van der Waals surface area (Å²) < 4.78 is 26.1. The van der Waals surface area contributed by atoms with E-state index in [1.54, 1.807) is 0 Å². The number of hydrogen-bond acceptors (Lipinski definition) is 2. The second-order valence-corrected chi connectivity index (χ2v) is 4.95. The van der Waals surface area contributed by atoms with Crippen molar-refractivity contribution in [1.29, 1.82) is 0 Å². The molecule has 0 bridgehead atoms. The van der Waals surface area contributed by atoms with Crippen LogP contribution < -0.4 is 10.6 Å². The van der Waals surface area contributed by atoms with Gasteiger partial charge in [-0.2, -0.15) is 0 Å². The first kappa shape index (κ1) is 14.5. The number of hydrogen-bond donors (Lipinski definition) is 1. The number of halogens is 2. The number of nitrogens with zero attached hydrogens (tertiary/aromatic N) is 1. The third-order valence-corrected chi connectivity index (χ3v) is 3.37. The van der Waals surface area contributed by atoms with Crippen LogP contribution >= 0.6 is 0 Å². The number of likely N-dealkylation sites (N-methyl/N-ethyl adjacent to an activating group) is 1. The van der Waals surface area contributed by atoms with Crippen LogP contribution in [0.15, 0.2) is 42.5 Å². The van der Waals surface area contributed by atoms with Gasteiger partial charge in [0.15, 0.2) is 11.6 Å². The van der Waals surface area contributed by atoms with Gasteiger partial charge in [-0.1, -0.05) is 24.3 Å². The summed E-state index contributed by atoms with van der Waals surface area (Å²) in [6.07, 6.45) is 0. The lowest BCUT2D eigenvalue weighted by molar-refractivity contribution is 0.505. The molecule has 1 atom stereocenters. The van der Waals surface area contributed by atoms with E-state index in [4.69, 9.17) is 5.73 Å². The Kier molecular flexibility index (Phi) is 4.35. The highest BCUT2D eigenvalue weighted by atomic mass is 19.2. The molecule has 4 heteroatoms. The van der Waals surface area contributed by atoms with Crippen LogP contribution in [0, 0.1) is 18.6 Å². The highest BCUT2D eigenvalue weighted by Gasteiger charge is 2.13. The molecule has 0 aromatic heterocycles. The topological polar surface area (TPSA) is 29.3 Å². The smallest absolute Gasteiger partial charge is 0.159 e. The number of anilines is 1. The molecule has 0 amide bonds. The van der Waals surface area contributed by atoms with Crippen LogP contribution in [0.5, 0.6) is 0 Å². The first-order valence-corrected chi connectivity index (χ1v) is 6.46. The highest BCUT2D eigenvalue weighted by molar-refractivity contribution is 5.52. The molecule has 0 aliphatic carbocycles. The lowest BCUT2D eigenvalue weighted by Crippen LogP contribution is -2.29. The van der Waals surface area contributed by atoms with Crippen molar-refractivity contribution in [3.05, 3.63) is 65.2 Å². The third kappa shape index (κ3) is 3.14. The minimum absolute atomic E-state index is 0.380. The first-order valence-electron chi connectivity index (χ1n) is 6.46. The van der Waals surface area contributed by atoms with Crippen LogP contribution in [0.25, 0.3) is 0 Å². The molecular weight excluding hydrogens is 258 g/mol. The second kappa shape index (κ2) is 6.01. The molecule has 2 rings (SSSR count). The largest absolute Gasteiger partial charge is 0.372 e. The van der Waals surface area contributed by atoms with E-state index in [-0.39, 0.29) is 6.04 Å². The van der Waals surface area contributed by atoms with E-state index in [0.717, 1.165) is 23.4 Å². The first-order chi connectivity index (χ1) is 9.49. The summed E-state index contributed by atoms with van der Waals surface area (Å²) in [7, 11) is 1.93. The summed E-state index contributed by atoms with van der Waals surface area (Å²) in [5, 5.41) is 0. The summed E-state index contributed by atoms with van der Waals surface area (Å²) in [6, 6.07) is 11.4. The number of para-hydroxylation sites is 1. The number of rotatable bonds is 4. The molecule has 0 saturated carbocycles. The van der Waals surface area contributed by atoms with E-state index in [1.807, 2.05) is 43.1 Å². The van der Waals surface area contributed by atoms with Gasteiger partial charge in [0, 0.05) is 25.3 Å². The third-order valence-electron chi connectivity index (χ3n) is 3.37. The second-order valence-electron chi connectivity index (χ2n) is 4.95. The fraction of sp³-hybridized carbons (Fsp3) is 0.250. The van der Waals surface area contributed by atoms with Gasteiger partial charge < -0.3 is 10.6 Å². The van der Waals surface area contributed by atoms with Gasteiger partial charge >= 0.3 is 0 Å². The summed E-state index contributed by atoms with van der Waals surface area (Å²) in [5.74, 6) is -1.72. The zero-order chi connectivity index (χ0) is 14.7. The van der Waals surface area contributed by atoms with Gasteiger partial charge in [0.1, 0.15) is 0 Å². The molecule has 2 aromatic rings. The highest BCUT2D eigenvalue weighted by Crippen LogP contribution is 2.21. The minimum Gasteiger partial charge on any atom is -0.372 e. The van der Waals surface area contributed by atoms with E-state index >= 15 is 0 Å². The summed E-state index contributed by atoms with van der Waals surface area (Å²) in [4.78, 5) is 2.02. The average Bonchev–Trinajstić information content (AvgIpc) is 2.42. The molecule has 20 heavy (non-hydrogen) atoms. The van der Waals surface area contributed by atoms with Crippen molar-refractivity contribution < 1.29 is 8.78 Å². The summed E-state index contributed by atoms with van der Waals surface area (Å²) >= 11 is 0. The van der Waals surface area contributed by atoms with Gasteiger partial charge in [-0.25, -0.2) is 8.78 Å². The Morgan fingerprint density at radius 1 is 1.10 bits per heavy atom. The van der Waals surface area contributed by atoms with Crippen LogP contribution in [0.3, 0.4) is 0 Å². The number of nitrogens with two attached hydrogens (primary N) is 1. The van der Waals surface area contributed by atoms with Crippen molar-refractivity contribution in [2.24, 2.45) is 5.73 Å². The van der Waals surface area contributed by atoms with E-state index < -0.39 is 11.6 Å². The van der Waals surface area contributed by atoms with Crippen LogP contribution in [-0.4, -0.2) is 13.6 Å². The monoisotopic (exact) mass is 276 g/mol. The number of aryl methyl sites for hydroxylation is 1. The van der Waals surface area contributed by atoms with Gasteiger partial charge in [0.25, 0.3) is 0 Å². The quantitative estimate of drug-likeness (QED) is 0.927. The maximum Gasteiger partial charge on any atom is 0.159 e. The fourth-order valence-electron chi connectivity index (χ4n) is 2.23. The minimum atomic E-state index is -0.864. The SMILES string of the molecule is Cc1ccccc1N(C)CC(N)c1ccc(F)c(F)c1. The van der Waals surface area contributed by atoms with Crippen LogP contribution in [-0.2, 0) is 0 Å². The van der Waals surface area contributed by atoms with Crippen molar-refractivity contribution in [1.82, 2.24) is 0 Å². The molecule has 1 unspecified atom stereocenters. The summed E-state index contributed by atoms with van der Waals surface area (Å²) in [6.45, 7) is 2.55. The maximum atomic E-state index is 13.2. The maximum absolute atomic E-state index is 13.2. The van der Waals surface area contributed by atoms with Crippen molar-refractivity contribution in [2.75, 3.05) is 18.5 Å². The zero-order valence-corrected chi connectivity index (χ0v) is 11.6. The van der Waals surface area contributed by atoms with Crippen LogP contribution in [0.1, 0.15) is 17.2 Å². The van der Waals surface area contributed by atoms with E-state index in [2.05, 4.69) is 0 Å². The standard InChI is InChI=1S/C16H18F2N2/c1-11-5-3-4-6-16(11)20(2)10-15(19)12-7-8-13(17)14(18)9-12/h3-9,15H,10,19H2,1-2H3. The Morgan fingerprint density at radius 2 is 1.80 bits per heavy atom. The molecule has 2 aromatic carbocycles. The molecule has 0 saturated heterocycles. The predicted octanol–water partition coefficient (Wildman–Crippen LogP) is 3.41. The molecular formula is C16H18F2N2. The Bertz CT molecular complexity index is 599. The van der Waals surface area contributed by atoms with Gasteiger partial charge in [0.2, 0.25) is 0 Å². The normalized spacial score (nSPS) is 12.2. The van der Waals surface area contributed by atoms with Crippen molar-refractivity contribution in [2.45, 2.75) is 13.0 Å². The Hall–Kier alpha value is -1.94. The van der Waals surface area contributed by atoms with Gasteiger partial charge in [-0.3, -0.25) is 0 Å². The Labute approximate surface area is 117 Å². The van der Waals surface area contributed by atoms with Crippen LogP contribution in [0.4, 0.5) is 14.5 Å². The molecule has 0 aliphatic heterocycles. The van der Waals surface area contributed by atoms with E-state index in [1.165, 1.54) is 6.07 Å². The van der Waals surface area contributed by atoms with Crippen molar-refractivity contribution in [3.63, 3.8) is 0 Å². The van der Waals surface area contributed by atoms with E-state index in [0.29, 0.717) is 12.1 Å². The molecule has 2 N–H and O–H groups in total. The van der Waals surface area contributed by atoms with Crippen molar-refractivity contribution in [3.8, 4) is 0 Å². The zero-order valence-electron chi connectivity index (χ0n) is 11.6. The molecule has 106 valence electrons. The fourth-order valence-corrected chi connectivity index (χ4v) is 2.23. The van der Waals surface area contributed by atoms with Gasteiger partial charge in [-0.05, 0) is 36.2 Å². The molecule has 0 aliphatic rings. The van der Waals surface area contributed by atoms with Crippen molar-refractivity contribution >= 4 is 5.69 Å². The van der Waals surface area contributed by atoms with E-state index in [9.17, 15) is 8.78 Å². The lowest BCUT2D eigenvalue weighted by atomic mass is 10.1. The van der Waals surface area contributed by atoms with Gasteiger partial charge in [0.05, 0.1) is 0 Å². The Balaban J connectivity index is 2.13. The number of benzene rings is 2. The Morgan fingerprint density at radius 3 is 2.45 bits per heavy atom. The average molecular weight is 276 g/mol. The molecule has 0 fully saturated rings. The molecule has 0 radical (unpaired) electrons.